The van der Waals surface area contributed by atoms with Crippen LogP contribution in [0.1, 0.15) is 11.1 Å². The summed E-state index contributed by atoms with van der Waals surface area (Å²) in [5.41, 5.74) is 7.75. The van der Waals surface area contributed by atoms with E-state index in [1.54, 1.807) is 13.2 Å². The standard InChI is InChI=1S/C32H29N3O3/c1-21-14-16-26(18-22(21)2)33-29(36)20-38-27-17-15-25(19-28(27)37-3)32-34-30(23-10-6-4-7-11-23)31(35-32)24-12-8-5-9-13-24/h4-19H,20H2,1-3H3,(H,33,36)(H,34,35). The quantitative estimate of drug-likeness (QED) is 0.238. The highest BCUT2D eigenvalue weighted by Gasteiger charge is 2.17. The van der Waals surface area contributed by atoms with E-state index in [1.807, 2.05) is 92.7 Å². The highest BCUT2D eigenvalue weighted by atomic mass is 16.5. The first-order chi connectivity index (χ1) is 18.5. The molecule has 0 aliphatic heterocycles. The van der Waals surface area contributed by atoms with Crippen LogP contribution in [0.15, 0.2) is 97.1 Å². The number of hydrogen-bond acceptors (Lipinski definition) is 4. The molecule has 190 valence electrons. The van der Waals surface area contributed by atoms with Crippen molar-refractivity contribution >= 4 is 11.6 Å². The van der Waals surface area contributed by atoms with Gasteiger partial charge >= 0.3 is 0 Å². The summed E-state index contributed by atoms with van der Waals surface area (Å²) < 4.78 is 11.4. The minimum Gasteiger partial charge on any atom is -0.493 e. The number of nitrogens with one attached hydrogen (secondary N) is 2. The number of methoxy groups -OCH3 is 1. The number of rotatable bonds is 8. The zero-order valence-electron chi connectivity index (χ0n) is 21.6. The second kappa shape index (κ2) is 11.0. The highest BCUT2D eigenvalue weighted by molar-refractivity contribution is 5.92. The van der Waals surface area contributed by atoms with E-state index in [1.165, 1.54) is 5.56 Å². The van der Waals surface area contributed by atoms with E-state index in [-0.39, 0.29) is 12.5 Å². The molecule has 38 heavy (non-hydrogen) atoms. The van der Waals surface area contributed by atoms with E-state index >= 15 is 0 Å². The van der Waals surface area contributed by atoms with Crippen molar-refractivity contribution < 1.29 is 14.3 Å². The van der Waals surface area contributed by atoms with Gasteiger partial charge in [-0.15, -0.1) is 0 Å². The van der Waals surface area contributed by atoms with Gasteiger partial charge in [-0.25, -0.2) is 4.98 Å². The summed E-state index contributed by atoms with van der Waals surface area (Å²) in [7, 11) is 1.58. The van der Waals surface area contributed by atoms with Crippen LogP contribution in [0.5, 0.6) is 11.5 Å². The molecular formula is C32H29N3O3. The van der Waals surface area contributed by atoms with E-state index in [0.29, 0.717) is 17.3 Å². The number of aromatic amines is 1. The fraction of sp³-hybridized carbons (Fsp3) is 0.125. The molecule has 0 saturated heterocycles. The van der Waals surface area contributed by atoms with Crippen molar-refractivity contribution in [1.82, 2.24) is 9.97 Å². The molecule has 0 unspecified atom stereocenters. The molecular weight excluding hydrogens is 474 g/mol. The summed E-state index contributed by atoms with van der Waals surface area (Å²) in [5, 5.41) is 2.88. The van der Waals surface area contributed by atoms with Crippen LogP contribution in [0, 0.1) is 13.8 Å². The van der Waals surface area contributed by atoms with Crippen molar-refractivity contribution in [2.75, 3.05) is 19.0 Å². The Kier molecular flexibility index (Phi) is 7.22. The normalized spacial score (nSPS) is 10.7. The largest absolute Gasteiger partial charge is 0.493 e. The predicted octanol–water partition coefficient (Wildman–Crippen LogP) is 7.05. The number of benzene rings is 4. The van der Waals surface area contributed by atoms with Gasteiger partial charge < -0.3 is 19.8 Å². The Bertz CT molecular complexity index is 1500. The lowest BCUT2D eigenvalue weighted by molar-refractivity contribution is -0.118. The number of aryl methyl sites for hydroxylation is 2. The van der Waals surface area contributed by atoms with Crippen LogP contribution in [-0.4, -0.2) is 29.6 Å². The van der Waals surface area contributed by atoms with E-state index in [9.17, 15) is 4.79 Å². The van der Waals surface area contributed by atoms with Gasteiger partial charge in [0.05, 0.1) is 18.5 Å². The minimum absolute atomic E-state index is 0.139. The number of carbonyl (C=O) groups excluding carboxylic acids is 1. The third-order valence-electron chi connectivity index (χ3n) is 6.40. The van der Waals surface area contributed by atoms with Crippen molar-refractivity contribution in [3.8, 4) is 45.4 Å². The van der Waals surface area contributed by atoms with Gasteiger partial charge in [-0.1, -0.05) is 66.7 Å². The molecule has 6 nitrogen and oxygen atoms in total. The van der Waals surface area contributed by atoms with Gasteiger partial charge in [0.1, 0.15) is 5.82 Å². The maximum Gasteiger partial charge on any atom is 0.262 e. The summed E-state index contributed by atoms with van der Waals surface area (Å²) in [4.78, 5) is 20.9. The number of nitrogens with zero attached hydrogens (tertiary/aromatic N) is 1. The topological polar surface area (TPSA) is 76.2 Å². The number of aromatic nitrogens is 2. The highest BCUT2D eigenvalue weighted by Crippen LogP contribution is 2.36. The fourth-order valence-corrected chi connectivity index (χ4v) is 4.22. The van der Waals surface area contributed by atoms with Gasteiger partial charge in [-0.3, -0.25) is 4.79 Å². The smallest absolute Gasteiger partial charge is 0.262 e. The van der Waals surface area contributed by atoms with Crippen LogP contribution < -0.4 is 14.8 Å². The number of imidazole rings is 1. The lowest BCUT2D eigenvalue weighted by Crippen LogP contribution is -2.20. The third-order valence-corrected chi connectivity index (χ3v) is 6.40. The number of carbonyl (C=O) groups is 1. The first-order valence-electron chi connectivity index (χ1n) is 12.4. The van der Waals surface area contributed by atoms with Crippen molar-refractivity contribution in [2.24, 2.45) is 0 Å². The number of amides is 1. The molecule has 0 fully saturated rings. The molecule has 1 amide bonds. The Balaban J connectivity index is 1.38. The molecule has 0 aliphatic carbocycles. The lowest BCUT2D eigenvalue weighted by atomic mass is 10.1. The van der Waals surface area contributed by atoms with Crippen LogP contribution >= 0.6 is 0 Å². The van der Waals surface area contributed by atoms with Gasteiger partial charge in [0.25, 0.3) is 5.91 Å². The first kappa shape index (κ1) is 24.8. The maximum atomic E-state index is 12.5. The molecule has 5 rings (SSSR count). The Hall–Kier alpha value is -4.84. The van der Waals surface area contributed by atoms with Gasteiger partial charge in [-0.2, -0.15) is 0 Å². The molecule has 0 radical (unpaired) electrons. The van der Waals surface area contributed by atoms with Gasteiger partial charge in [0.2, 0.25) is 0 Å². The number of anilines is 1. The molecule has 0 saturated carbocycles. The second-order valence-corrected chi connectivity index (χ2v) is 9.04. The first-order valence-corrected chi connectivity index (χ1v) is 12.4. The number of hydrogen-bond donors (Lipinski definition) is 2. The third kappa shape index (κ3) is 5.44. The van der Waals surface area contributed by atoms with Crippen LogP contribution in [-0.2, 0) is 4.79 Å². The SMILES string of the molecule is COc1cc(-c2nc(-c3ccccc3)c(-c3ccccc3)[nH]2)ccc1OCC(=O)Nc1ccc(C)c(C)c1. The zero-order chi connectivity index (χ0) is 26.5. The summed E-state index contributed by atoms with van der Waals surface area (Å²) in [5.74, 6) is 1.45. The maximum absolute atomic E-state index is 12.5. The molecule has 1 heterocycles. The molecule has 0 bridgehead atoms. The Morgan fingerprint density at radius 3 is 2.18 bits per heavy atom. The van der Waals surface area contributed by atoms with Gasteiger partial charge in [-0.05, 0) is 55.3 Å². The molecule has 0 atom stereocenters. The van der Waals surface area contributed by atoms with Crippen LogP contribution in [0.4, 0.5) is 5.69 Å². The Labute approximate surface area is 222 Å². The summed E-state index contributed by atoms with van der Waals surface area (Å²) in [6.45, 7) is 3.91. The second-order valence-electron chi connectivity index (χ2n) is 9.04. The molecule has 6 heteroatoms. The van der Waals surface area contributed by atoms with Crippen molar-refractivity contribution in [1.29, 1.82) is 0 Å². The minimum atomic E-state index is -0.245. The molecule has 2 N–H and O–H groups in total. The average molecular weight is 504 g/mol. The monoisotopic (exact) mass is 503 g/mol. The van der Waals surface area contributed by atoms with E-state index in [2.05, 4.69) is 22.4 Å². The van der Waals surface area contributed by atoms with Gasteiger partial charge in [0, 0.05) is 22.4 Å². The Morgan fingerprint density at radius 1 is 0.789 bits per heavy atom. The summed E-state index contributed by atoms with van der Waals surface area (Å²) >= 11 is 0. The van der Waals surface area contributed by atoms with Crippen molar-refractivity contribution in [3.63, 3.8) is 0 Å². The number of H-pyrrole nitrogens is 1. The molecule has 0 spiro atoms. The van der Waals surface area contributed by atoms with Gasteiger partial charge in [0.15, 0.2) is 18.1 Å². The molecule has 0 aliphatic rings. The van der Waals surface area contributed by atoms with Crippen molar-refractivity contribution in [3.05, 3.63) is 108 Å². The molecule has 1 aromatic heterocycles. The van der Waals surface area contributed by atoms with Crippen molar-refractivity contribution in [2.45, 2.75) is 13.8 Å². The lowest BCUT2D eigenvalue weighted by Gasteiger charge is -2.12. The molecule has 5 aromatic rings. The van der Waals surface area contributed by atoms with Crippen LogP contribution in [0.2, 0.25) is 0 Å². The van der Waals surface area contributed by atoms with Crippen LogP contribution in [0.3, 0.4) is 0 Å². The zero-order valence-corrected chi connectivity index (χ0v) is 21.6. The van der Waals surface area contributed by atoms with Crippen LogP contribution in [0.25, 0.3) is 33.9 Å². The fourth-order valence-electron chi connectivity index (χ4n) is 4.22. The van der Waals surface area contributed by atoms with E-state index in [4.69, 9.17) is 14.5 Å². The predicted molar refractivity (Wildman–Crippen MR) is 151 cm³/mol. The van der Waals surface area contributed by atoms with E-state index in [0.717, 1.165) is 39.3 Å². The summed E-state index contributed by atoms with van der Waals surface area (Å²) in [6.07, 6.45) is 0. The number of ether oxygens (including phenoxy) is 2. The Morgan fingerprint density at radius 2 is 1.50 bits per heavy atom. The summed E-state index contributed by atoms with van der Waals surface area (Å²) in [6, 6.07) is 31.6. The van der Waals surface area contributed by atoms with E-state index < -0.39 is 0 Å². The average Bonchev–Trinajstić information content (AvgIpc) is 3.40. The molecule has 4 aromatic carbocycles.